The maximum Gasteiger partial charge on any atom is 0.328 e. The van der Waals surface area contributed by atoms with Crippen LogP contribution in [0.2, 0.25) is 0 Å². The summed E-state index contributed by atoms with van der Waals surface area (Å²) in [6.07, 6.45) is 1.29. The topological polar surface area (TPSA) is 74.6 Å². The number of carboxylic acids is 2. The molecular weight excluding hydrogens is 148 g/mol. The van der Waals surface area contributed by atoms with Crippen molar-refractivity contribution in [2.75, 3.05) is 0 Å². The van der Waals surface area contributed by atoms with Gasteiger partial charge in [0.2, 0.25) is 0 Å². The lowest BCUT2D eigenvalue weighted by molar-refractivity contribution is -0.137. The predicted molar refractivity (Wildman–Crippen MR) is 38.3 cm³/mol. The van der Waals surface area contributed by atoms with E-state index in [-0.39, 0.29) is 6.42 Å². The SMILES string of the molecule is CC(=CC(=O)O)CCC(=O)O. The van der Waals surface area contributed by atoms with Crippen LogP contribution in [0.1, 0.15) is 19.8 Å². The molecule has 0 aliphatic heterocycles. The van der Waals surface area contributed by atoms with Crippen LogP contribution in [0.25, 0.3) is 0 Å². The quantitative estimate of drug-likeness (QED) is 0.595. The monoisotopic (exact) mass is 158 g/mol. The molecular formula is C7H10O4. The van der Waals surface area contributed by atoms with Crippen LogP contribution in [0.3, 0.4) is 0 Å². The van der Waals surface area contributed by atoms with E-state index in [1.54, 1.807) is 6.92 Å². The fourth-order valence-corrected chi connectivity index (χ4v) is 0.587. The van der Waals surface area contributed by atoms with Crippen molar-refractivity contribution in [2.24, 2.45) is 0 Å². The summed E-state index contributed by atoms with van der Waals surface area (Å²) in [5.74, 6) is -1.95. The van der Waals surface area contributed by atoms with Crippen molar-refractivity contribution in [1.29, 1.82) is 0 Å². The van der Waals surface area contributed by atoms with Crippen molar-refractivity contribution in [3.8, 4) is 0 Å². The fourth-order valence-electron chi connectivity index (χ4n) is 0.587. The molecule has 2 N–H and O–H groups in total. The molecule has 0 spiro atoms. The van der Waals surface area contributed by atoms with Gasteiger partial charge in [0.1, 0.15) is 0 Å². The van der Waals surface area contributed by atoms with E-state index in [0.29, 0.717) is 12.0 Å². The van der Waals surface area contributed by atoms with Gasteiger partial charge in [0.15, 0.2) is 0 Å². The van der Waals surface area contributed by atoms with Gasteiger partial charge in [0.05, 0.1) is 0 Å². The zero-order valence-corrected chi connectivity index (χ0v) is 6.20. The second-order valence-corrected chi connectivity index (χ2v) is 2.22. The molecule has 0 bridgehead atoms. The normalized spacial score (nSPS) is 11.2. The van der Waals surface area contributed by atoms with Crippen molar-refractivity contribution in [3.05, 3.63) is 11.6 Å². The highest BCUT2D eigenvalue weighted by molar-refractivity contribution is 5.80. The Morgan fingerprint density at radius 1 is 1.27 bits per heavy atom. The first-order chi connectivity index (χ1) is 5.02. The standard InChI is InChI=1S/C7H10O4/c1-5(4-7(10)11)2-3-6(8)9/h4H,2-3H2,1H3,(H,8,9)(H,10,11). The highest BCUT2D eigenvalue weighted by atomic mass is 16.4. The van der Waals surface area contributed by atoms with E-state index in [1.807, 2.05) is 0 Å². The van der Waals surface area contributed by atoms with Gasteiger partial charge in [-0.3, -0.25) is 4.79 Å². The molecule has 0 saturated carbocycles. The zero-order chi connectivity index (χ0) is 8.85. The highest BCUT2D eigenvalue weighted by Gasteiger charge is 1.98. The molecule has 0 amide bonds. The first-order valence-corrected chi connectivity index (χ1v) is 3.14. The van der Waals surface area contributed by atoms with E-state index in [1.165, 1.54) is 0 Å². The lowest BCUT2D eigenvalue weighted by atomic mass is 10.1. The van der Waals surface area contributed by atoms with E-state index in [0.717, 1.165) is 6.08 Å². The smallest absolute Gasteiger partial charge is 0.328 e. The molecule has 4 heteroatoms. The third-order valence-electron chi connectivity index (χ3n) is 1.10. The van der Waals surface area contributed by atoms with Gasteiger partial charge >= 0.3 is 11.9 Å². The molecule has 0 atom stereocenters. The minimum atomic E-state index is -1.03. The van der Waals surface area contributed by atoms with Crippen molar-refractivity contribution in [1.82, 2.24) is 0 Å². The second-order valence-electron chi connectivity index (χ2n) is 2.22. The molecule has 0 heterocycles. The Morgan fingerprint density at radius 2 is 1.82 bits per heavy atom. The van der Waals surface area contributed by atoms with E-state index >= 15 is 0 Å². The molecule has 0 aliphatic rings. The molecule has 0 aliphatic carbocycles. The molecule has 0 unspecified atom stereocenters. The van der Waals surface area contributed by atoms with Gasteiger partial charge in [0, 0.05) is 12.5 Å². The summed E-state index contributed by atoms with van der Waals surface area (Å²) in [4.78, 5) is 20.0. The van der Waals surface area contributed by atoms with E-state index in [2.05, 4.69) is 0 Å². The minimum Gasteiger partial charge on any atom is -0.481 e. The van der Waals surface area contributed by atoms with Crippen LogP contribution in [0.5, 0.6) is 0 Å². The summed E-state index contributed by atoms with van der Waals surface area (Å²) >= 11 is 0. The van der Waals surface area contributed by atoms with Crippen LogP contribution in [0.4, 0.5) is 0 Å². The molecule has 0 aromatic rings. The van der Waals surface area contributed by atoms with E-state index < -0.39 is 11.9 Å². The van der Waals surface area contributed by atoms with E-state index in [9.17, 15) is 9.59 Å². The summed E-state index contributed by atoms with van der Waals surface area (Å²) in [6, 6.07) is 0. The summed E-state index contributed by atoms with van der Waals surface area (Å²) in [7, 11) is 0. The van der Waals surface area contributed by atoms with Crippen LogP contribution < -0.4 is 0 Å². The zero-order valence-electron chi connectivity index (χ0n) is 6.20. The van der Waals surface area contributed by atoms with Crippen molar-refractivity contribution >= 4 is 11.9 Å². The Bertz CT molecular complexity index is 193. The van der Waals surface area contributed by atoms with Crippen LogP contribution in [0, 0.1) is 0 Å². The Morgan fingerprint density at radius 3 is 2.18 bits per heavy atom. The van der Waals surface area contributed by atoms with Crippen LogP contribution in [-0.4, -0.2) is 22.2 Å². The Kier molecular flexibility index (Phi) is 3.95. The Hall–Kier alpha value is -1.32. The number of rotatable bonds is 4. The first-order valence-electron chi connectivity index (χ1n) is 3.14. The number of carboxylic acid groups (broad SMARTS) is 2. The second kappa shape index (κ2) is 4.49. The van der Waals surface area contributed by atoms with Crippen LogP contribution >= 0.6 is 0 Å². The molecule has 11 heavy (non-hydrogen) atoms. The number of hydrogen-bond donors (Lipinski definition) is 2. The largest absolute Gasteiger partial charge is 0.481 e. The summed E-state index contributed by atoms with van der Waals surface area (Å²) in [6.45, 7) is 1.59. The van der Waals surface area contributed by atoms with Gasteiger partial charge in [-0.25, -0.2) is 4.79 Å². The van der Waals surface area contributed by atoms with Gasteiger partial charge in [-0.2, -0.15) is 0 Å². The number of carbonyl (C=O) groups is 2. The van der Waals surface area contributed by atoms with Gasteiger partial charge in [0.25, 0.3) is 0 Å². The summed E-state index contributed by atoms with van der Waals surface area (Å²) < 4.78 is 0. The van der Waals surface area contributed by atoms with Crippen molar-refractivity contribution in [2.45, 2.75) is 19.8 Å². The fraction of sp³-hybridized carbons (Fsp3) is 0.429. The average Bonchev–Trinajstić information content (AvgIpc) is 1.82. The van der Waals surface area contributed by atoms with Crippen LogP contribution in [-0.2, 0) is 9.59 Å². The Labute approximate surface area is 64.2 Å². The molecule has 0 rings (SSSR count). The highest BCUT2D eigenvalue weighted by Crippen LogP contribution is 2.02. The number of allylic oxidation sites excluding steroid dienone is 1. The average molecular weight is 158 g/mol. The molecule has 0 radical (unpaired) electrons. The predicted octanol–water partition coefficient (Wildman–Crippen LogP) is 0.882. The molecule has 62 valence electrons. The molecule has 0 fully saturated rings. The summed E-state index contributed by atoms with van der Waals surface area (Å²) in [5, 5.41) is 16.4. The van der Waals surface area contributed by atoms with E-state index in [4.69, 9.17) is 10.2 Å². The lowest BCUT2D eigenvalue weighted by Gasteiger charge is -1.94. The molecule has 4 nitrogen and oxygen atoms in total. The Balaban J connectivity index is 3.77. The van der Waals surface area contributed by atoms with Gasteiger partial charge in [-0.1, -0.05) is 5.57 Å². The first kappa shape index (κ1) is 9.68. The molecule has 0 aromatic heterocycles. The maximum atomic E-state index is 10.0. The van der Waals surface area contributed by atoms with Crippen molar-refractivity contribution in [3.63, 3.8) is 0 Å². The molecule has 0 aromatic carbocycles. The lowest BCUT2D eigenvalue weighted by Crippen LogP contribution is -1.96. The van der Waals surface area contributed by atoms with Gasteiger partial charge in [-0.15, -0.1) is 0 Å². The van der Waals surface area contributed by atoms with Gasteiger partial charge in [-0.05, 0) is 13.3 Å². The van der Waals surface area contributed by atoms with Crippen LogP contribution in [0.15, 0.2) is 11.6 Å². The van der Waals surface area contributed by atoms with Gasteiger partial charge < -0.3 is 10.2 Å². The minimum absolute atomic E-state index is 0.0182. The third kappa shape index (κ3) is 6.57. The third-order valence-corrected chi connectivity index (χ3v) is 1.10. The number of hydrogen-bond acceptors (Lipinski definition) is 2. The summed E-state index contributed by atoms with van der Waals surface area (Å²) in [5.41, 5.74) is 0.569. The van der Waals surface area contributed by atoms with Crippen molar-refractivity contribution < 1.29 is 19.8 Å². The number of aliphatic carboxylic acids is 2. The maximum absolute atomic E-state index is 10.0. The molecule has 0 saturated heterocycles.